The molecule has 0 spiro atoms. The van der Waals surface area contributed by atoms with Crippen LogP contribution in [0.1, 0.15) is 0 Å². The minimum Gasteiger partial charge on any atom is -0.400 e. The molecule has 1 aromatic rings. The van der Waals surface area contributed by atoms with E-state index in [1.807, 2.05) is 0 Å². The summed E-state index contributed by atoms with van der Waals surface area (Å²) in [6, 6.07) is 8.67. The Balaban J connectivity index is -0.0000000755. The molecule has 1 aromatic carbocycles. The fourth-order valence-electron chi connectivity index (χ4n) is 0.774. The van der Waals surface area contributed by atoms with Gasteiger partial charge in [-0.15, -0.1) is 0 Å². The Hall–Kier alpha value is 0.330. The summed E-state index contributed by atoms with van der Waals surface area (Å²) in [6.07, 6.45) is 0. The molecule has 15 heavy (non-hydrogen) atoms. The van der Waals surface area contributed by atoms with Gasteiger partial charge in [-0.1, -0.05) is 13.1 Å². The first-order chi connectivity index (χ1) is 6.80. The Morgan fingerprint density at radius 2 is 1.07 bits per heavy atom. The van der Waals surface area contributed by atoms with Gasteiger partial charge in [0.1, 0.15) is 0 Å². The summed E-state index contributed by atoms with van der Waals surface area (Å²) in [4.78, 5) is 0. The van der Waals surface area contributed by atoms with Crippen LogP contribution in [0.15, 0.2) is 24.3 Å². The summed E-state index contributed by atoms with van der Waals surface area (Å²) in [5.74, 6) is 0. The van der Waals surface area contributed by atoms with Gasteiger partial charge in [-0.2, -0.15) is 17.3 Å². The second-order valence-electron chi connectivity index (χ2n) is 2.37. The van der Waals surface area contributed by atoms with Crippen molar-refractivity contribution in [3.8, 4) is 0 Å². The van der Waals surface area contributed by atoms with Gasteiger partial charge in [-0.05, 0) is 0 Å². The quantitative estimate of drug-likeness (QED) is 0.502. The van der Waals surface area contributed by atoms with Crippen molar-refractivity contribution in [1.82, 2.24) is 0 Å². The fraction of sp³-hybridized carbons (Fsp3) is 0.500. The number of aliphatic hydroxyl groups is 3. The first-order valence-electron chi connectivity index (χ1n) is 4.36. The van der Waals surface area contributed by atoms with Crippen LogP contribution in [0.3, 0.4) is 0 Å². The molecule has 0 aromatic heterocycles. The van der Waals surface area contributed by atoms with E-state index >= 15 is 0 Å². The molecule has 3 nitrogen and oxygen atoms in total. The first-order valence-corrected chi connectivity index (χ1v) is 7.25. The average molecular weight is 311 g/mol. The van der Waals surface area contributed by atoms with Gasteiger partial charge in [-0.3, -0.25) is 0 Å². The summed E-state index contributed by atoms with van der Waals surface area (Å²) < 4.78 is 0. The van der Waals surface area contributed by atoms with Crippen molar-refractivity contribution >= 4 is 14.0 Å². The van der Waals surface area contributed by atoms with Gasteiger partial charge >= 0.3 is 0 Å². The topological polar surface area (TPSA) is 60.7 Å². The van der Waals surface area contributed by atoms with Crippen molar-refractivity contribution in [2.45, 2.75) is 13.1 Å². The molecular weight excluding hydrogens is 287 g/mol. The monoisotopic (exact) mass is 309 g/mol. The van der Waals surface area contributed by atoms with Gasteiger partial charge in [0.15, 0.2) is 0 Å². The van der Waals surface area contributed by atoms with Crippen LogP contribution in [0.5, 0.6) is 0 Å². The molecule has 0 atom stereocenters. The largest absolute Gasteiger partial charge is 0.400 e. The Morgan fingerprint density at radius 1 is 0.800 bits per heavy atom. The van der Waals surface area contributed by atoms with Gasteiger partial charge < -0.3 is 15.3 Å². The average Bonchev–Trinajstić information content (AvgIpc) is 2.80. The third kappa shape index (κ3) is 17.0. The molecule has 0 aliphatic carbocycles. The van der Waals surface area contributed by atoms with E-state index in [4.69, 9.17) is 15.3 Å². The third-order valence-corrected chi connectivity index (χ3v) is 3.07. The molecule has 0 saturated carbocycles. The second kappa shape index (κ2) is 23.9. The minimum atomic E-state index is -0.480. The summed E-state index contributed by atoms with van der Waals surface area (Å²) >= 11 is 0. The van der Waals surface area contributed by atoms with E-state index < -0.39 is 8.80 Å². The maximum Gasteiger partial charge on any atom is 0.0319 e. The van der Waals surface area contributed by atoms with Gasteiger partial charge in [0, 0.05) is 56.3 Å². The fourth-order valence-corrected chi connectivity index (χ4v) is 1.77. The molecule has 0 amide bonds. The maximum atomic E-state index is 7.00. The Kier molecular flexibility index (Phi) is 39.0. The van der Waals surface area contributed by atoms with Gasteiger partial charge in [0.25, 0.3) is 0 Å². The number of hydrogen-bond donors (Lipinski definition) is 3. The van der Waals surface area contributed by atoms with E-state index in [1.54, 1.807) is 5.19 Å². The van der Waals surface area contributed by atoms with Crippen LogP contribution in [0.2, 0.25) is 13.1 Å². The van der Waals surface area contributed by atoms with Crippen LogP contribution >= 0.6 is 0 Å². The summed E-state index contributed by atoms with van der Waals surface area (Å²) in [5, 5.41) is 22.6. The Labute approximate surface area is 114 Å². The van der Waals surface area contributed by atoms with Crippen molar-refractivity contribution in [2.24, 2.45) is 0 Å². The van der Waals surface area contributed by atoms with E-state index in [0.717, 1.165) is 21.3 Å². The molecule has 5 heteroatoms. The van der Waals surface area contributed by atoms with E-state index in [-0.39, 0.29) is 26.2 Å². The van der Waals surface area contributed by atoms with E-state index in [0.29, 0.717) is 0 Å². The smallest absolute Gasteiger partial charge is 0.0319 e. The normalized spacial score (nSPS) is 6.73. The predicted octanol–water partition coefficient (Wildman–Crippen LogP) is -0.0778. The van der Waals surface area contributed by atoms with Gasteiger partial charge in [0.05, 0.1) is 0 Å². The van der Waals surface area contributed by atoms with Crippen LogP contribution in [0.25, 0.3) is 0 Å². The van der Waals surface area contributed by atoms with Crippen LogP contribution in [-0.4, -0.2) is 45.4 Å². The molecule has 0 bridgehead atoms. The zero-order valence-corrected chi connectivity index (χ0v) is 13.8. The zero-order chi connectivity index (χ0) is 12.0. The first kappa shape index (κ1) is 24.5. The molecule has 0 unspecified atom stereocenters. The van der Waals surface area contributed by atoms with Crippen LogP contribution in [0.4, 0.5) is 0 Å². The zero-order valence-electron chi connectivity index (χ0n) is 10.2. The molecule has 0 fully saturated rings. The molecule has 0 heterocycles. The summed E-state index contributed by atoms with van der Waals surface area (Å²) in [7, 11) is 2.52. The van der Waals surface area contributed by atoms with Crippen LogP contribution < -0.4 is 5.19 Å². The second-order valence-corrected chi connectivity index (χ2v) is 5.35. The number of aliphatic hydroxyl groups excluding tert-OH is 3. The molecule has 0 radical (unpaired) electrons. The molecule has 90 valence electrons. The molecule has 0 aliphatic heterocycles. The molecule has 0 aliphatic rings. The summed E-state index contributed by atoms with van der Waals surface area (Å²) in [5.41, 5.74) is 0. The van der Waals surface area contributed by atoms with E-state index in [1.165, 1.54) is 0 Å². The van der Waals surface area contributed by atoms with Crippen molar-refractivity contribution in [2.75, 3.05) is 21.3 Å². The molecule has 0 saturated heterocycles. The van der Waals surface area contributed by atoms with E-state index in [9.17, 15) is 0 Å². The van der Waals surface area contributed by atoms with Gasteiger partial charge in [-0.25, -0.2) is 12.1 Å². The molecular formula is C10H23O3SiZr-. The van der Waals surface area contributed by atoms with E-state index in [2.05, 4.69) is 37.4 Å². The Bertz CT molecular complexity index is 156. The molecule has 3 N–H and O–H groups in total. The van der Waals surface area contributed by atoms with Crippen molar-refractivity contribution < 1.29 is 41.5 Å². The van der Waals surface area contributed by atoms with Crippen molar-refractivity contribution in [1.29, 1.82) is 0 Å². The van der Waals surface area contributed by atoms with Crippen molar-refractivity contribution in [3.63, 3.8) is 0 Å². The molecule has 1 rings (SSSR count). The third-order valence-electron chi connectivity index (χ3n) is 1.36. The Morgan fingerprint density at radius 3 is 1.20 bits per heavy atom. The summed E-state index contributed by atoms with van der Waals surface area (Å²) in [6.45, 7) is 4.69. The number of rotatable bonds is 1. The number of hydrogen-bond acceptors (Lipinski definition) is 3. The predicted molar refractivity (Wildman–Crippen MR) is 65.0 cm³/mol. The van der Waals surface area contributed by atoms with Crippen LogP contribution in [-0.2, 0) is 26.2 Å². The minimum absolute atomic E-state index is 0. The van der Waals surface area contributed by atoms with Crippen molar-refractivity contribution in [3.05, 3.63) is 24.3 Å². The maximum absolute atomic E-state index is 7.00. The SMILES string of the molecule is CO.CO.CO.C[SiH](C)[c-]1cccc1.[Zr]. The van der Waals surface area contributed by atoms with Crippen LogP contribution in [0, 0.1) is 0 Å². The van der Waals surface area contributed by atoms with Gasteiger partial charge in [0.2, 0.25) is 0 Å². The standard InChI is InChI=1S/C7H11Si.3CH4O.Zr/c1-8(2)7-5-3-4-6-7;3*1-2;/h3-6,8H,1-2H3;3*2H,1H3;/q-1;;;;.